The molecule has 0 saturated heterocycles. The zero-order valence-electron chi connectivity index (χ0n) is 11.9. The SMILES string of the molecule is C=CCn1cnnc1SCC(=O)NC1(C#N)CCCCC1. The Morgan fingerprint density at radius 3 is 3.00 bits per heavy atom. The minimum Gasteiger partial charge on any atom is -0.337 e. The zero-order chi connectivity index (χ0) is 15.1. The van der Waals surface area contributed by atoms with Gasteiger partial charge in [-0.15, -0.1) is 16.8 Å². The number of thioether (sulfide) groups is 1. The Hall–Kier alpha value is -1.81. The maximum atomic E-state index is 12.1. The molecule has 1 aromatic heterocycles. The second-order valence-corrected chi connectivity index (χ2v) is 6.09. The van der Waals surface area contributed by atoms with E-state index in [0.29, 0.717) is 11.7 Å². The number of nitrogens with zero attached hydrogens (tertiary/aromatic N) is 4. The van der Waals surface area contributed by atoms with E-state index in [-0.39, 0.29) is 11.7 Å². The topological polar surface area (TPSA) is 83.6 Å². The summed E-state index contributed by atoms with van der Waals surface area (Å²) >= 11 is 1.32. The highest BCUT2D eigenvalue weighted by molar-refractivity contribution is 7.99. The highest BCUT2D eigenvalue weighted by Crippen LogP contribution is 2.27. The Morgan fingerprint density at radius 2 is 2.33 bits per heavy atom. The van der Waals surface area contributed by atoms with Crippen molar-refractivity contribution in [2.45, 2.75) is 49.3 Å². The summed E-state index contributed by atoms with van der Waals surface area (Å²) in [6, 6.07) is 2.29. The van der Waals surface area contributed by atoms with Gasteiger partial charge in [-0.2, -0.15) is 5.26 Å². The number of aromatic nitrogens is 3. The number of carbonyl (C=O) groups excluding carboxylic acids is 1. The molecule has 0 radical (unpaired) electrons. The first-order valence-electron chi connectivity index (χ1n) is 7.03. The zero-order valence-corrected chi connectivity index (χ0v) is 12.7. The molecule has 112 valence electrons. The van der Waals surface area contributed by atoms with Crippen LogP contribution in [0.15, 0.2) is 24.1 Å². The summed E-state index contributed by atoms with van der Waals surface area (Å²) < 4.78 is 1.83. The number of rotatable bonds is 6. The van der Waals surface area contributed by atoms with Crippen LogP contribution < -0.4 is 5.32 Å². The van der Waals surface area contributed by atoms with E-state index in [1.54, 1.807) is 12.4 Å². The molecule has 1 heterocycles. The maximum Gasteiger partial charge on any atom is 0.231 e. The van der Waals surface area contributed by atoms with Gasteiger partial charge in [0.15, 0.2) is 5.16 Å². The van der Waals surface area contributed by atoms with E-state index in [2.05, 4.69) is 28.2 Å². The predicted molar refractivity (Wildman–Crippen MR) is 80.5 cm³/mol. The molecule has 2 rings (SSSR count). The molecule has 7 heteroatoms. The number of nitriles is 1. The van der Waals surface area contributed by atoms with Crippen LogP contribution in [0.3, 0.4) is 0 Å². The lowest BCUT2D eigenvalue weighted by Gasteiger charge is -2.31. The molecule has 6 nitrogen and oxygen atoms in total. The number of nitrogens with one attached hydrogen (secondary N) is 1. The number of hydrogen-bond donors (Lipinski definition) is 1. The lowest BCUT2D eigenvalue weighted by atomic mass is 9.83. The van der Waals surface area contributed by atoms with Gasteiger partial charge in [0, 0.05) is 6.54 Å². The Kier molecular flexibility index (Phi) is 5.39. The molecule has 0 bridgehead atoms. The predicted octanol–water partition coefficient (Wildman–Crippen LogP) is 1.90. The van der Waals surface area contributed by atoms with Crippen molar-refractivity contribution >= 4 is 17.7 Å². The quantitative estimate of drug-likeness (QED) is 0.641. The van der Waals surface area contributed by atoms with Gasteiger partial charge in [-0.25, -0.2) is 0 Å². The van der Waals surface area contributed by atoms with Gasteiger partial charge in [-0.3, -0.25) is 4.79 Å². The van der Waals surface area contributed by atoms with Crippen molar-refractivity contribution in [3.8, 4) is 6.07 Å². The minimum absolute atomic E-state index is 0.128. The number of carbonyl (C=O) groups is 1. The third-order valence-electron chi connectivity index (χ3n) is 3.54. The van der Waals surface area contributed by atoms with E-state index >= 15 is 0 Å². The van der Waals surface area contributed by atoms with Gasteiger partial charge in [0.1, 0.15) is 11.9 Å². The Bertz CT molecular complexity index is 542. The average molecular weight is 305 g/mol. The molecule has 0 aromatic carbocycles. The van der Waals surface area contributed by atoms with Crippen molar-refractivity contribution in [3.05, 3.63) is 19.0 Å². The fraction of sp³-hybridized carbons (Fsp3) is 0.571. The summed E-state index contributed by atoms with van der Waals surface area (Å²) in [5.41, 5.74) is -0.676. The van der Waals surface area contributed by atoms with E-state index in [9.17, 15) is 10.1 Å². The molecule has 1 amide bonds. The molecule has 0 atom stereocenters. The normalized spacial score (nSPS) is 16.9. The summed E-state index contributed by atoms with van der Waals surface area (Å²) in [7, 11) is 0. The Morgan fingerprint density at radius 1 is 1.57 bits per heavy atom. The fourth-order valence-electron chi connectivity index (χ4n) is 2.47. The van der Waals surface area contributed by atoms with E-state index in [1.807, 2.05) is 4.57 Å². The van der Waals surface area contributed by atoms with Crippen LogP contribution in [0.1, 0.15) is 32.1 Å². The third kappa shape index (κ3) is 4.08. The average Bonchev–Trinajstić information content (AvgIpc) is 2.94. The van der Waals surface area contributed by atoms with E-state index in [0.717, 1.165) is 32.1 Å². The summed E-state index contributed by atoms with van der Waals surface area (Å²) in [5, 5.41) is 20.7. The van der Waals surface area contributed by atoms with Gasteiger partial charge in [0.25, 0.3) is 0 Å². The van der Waals surface area contributed by atoms with Gasteiger partial charge in [0.2, 0.25) is 5.91 Å². The Labute approximate surface area is 128 Å². The van der Waals surface area contributed by atoms with Crippen molar-refractivity contribution in [2.75, 3.05) is 5.75 Å². The van der Waals surface area contributed by atoms with Crippen LogP contribution >= 0.6 is 11.8 Å². The fourth-order valence-corrected chi connectivity index (χ4v) is 3.20. The molecule has 0 spiro atoms. The second kappa shape index (κ2) is 7.27. The molecule has 1 aromatic rings. The molecule has 21 heavy (non-hydrogen) atoms. The molecular weight excluding hydrogens is 286 g/mol. The van der Waals surface area contributed by atoms with Gasteiger partial charge in [-0.1, -0.05) is 37.1 Å². The van der Waals surface area contributed by atoms with E-state index in [4.69, 9.17) is 0 Å². The smallest absolute Gasteiger partial charge is 0.231 e. The maximum absolute atomic E-state index is 12.1. The first-order valence-corrected chi connectivity index (χ1v) is 8.01. The number of allylic oxidation sites excluding steroid dienone is 1. The van der Waals surface area contributed by atoms with Crippen LogP contribution in [0.2, 0.25) is 0 Å². The van der Waals surface area contributed by atoms with Crippen molar-refractivity contribution in [2.24, 2.45) is 0 Å². The molecule has 1 aliphatic rings. The summed E-state index contributed by atoms with van der Waals surface area (Å²) in [6.07, 6.45) is 7.97. The highest BCUT2D eigenvalue weighted by Gasteiger charge is 2.33. The number of hydrogen-bond acceptors (Lipinski definition) is 5. The molecule has 0 unspecified atom stereocenters. The lowest BCUT2D eigenvalue weighted by Crippen LogP contribution is -2.49. The van der Waals surface area contributed by atoms with Crippen LogP contribution in [-0.4, -0.2) is 32.0 Å². The molecule has 1 N–H and O–H groups in total. The van der Waals surface area contributed by atoms with Crippen LogP contribution in [0, 0.1) is 11.3 Å². The van der Waals surface area contributed by atoms with Gasteiger partial charge < -0.3 is 9.88 Å². The molecular formula is C14H19N5OS. The molecule has 1 aliphatic carbocycles. The van der Waals surface area contributed by atoms with Gasteiger partial charge >= 0.3 is 0 Å². The first kappa shape index (κ1) is 15.6. The Balaban J connectivity index is 1.88. The summed E-state index contributed by atoms with van der Waals surface area (Å²) in [6.45, 7) is 4.28. The van der Waals surface area contributed by atoms with Crippen molar-refractivity contribution in [3.63, 3.8) is 0 Å². The summed E-state index contributed by atoms with van der Waals surface area (Å²) in [4.78, 5) is 12.1. The van der Waals surface area contributed by atoms with Crippen molar-refractivity contribution in [1.82, 2.24) is 20.1 Å². The standard InChI is InChI=1S/C14H19N5OS/c1-2-8-19-11-16-18-13(19)21-9-12(20)17-14(10-15)6-4-3-5-7-14/h2,11H,1,3-9H2,(H,17,20). The van der Waals surface area contributed by atoms with Crippen LogP contribution in [0.5, 0.6) is 0 Å². The number of amides is 1. The lowest BCUT2D eigenvalue weighted by molar-refractivity contribution is -0.120. The van der Waals surface area contributed by atoms with E-state index < -0.39 is 5.54 Å². The summed E-state index contributed by atoms with van der Waals surface area (Å²) in [5.74, 6) is 0.107. The first-order chi connectivity index (χ1) is 10.2. The van der Waals surface area contributed by atoms with Gasteiger partial charge in [0.05, 0.1) is 11.8 Å². The minimum atomic E-state index is -0.676. The van der Waals surface area contributed by atoms with Crippen molar-refractivity contribution < 1.29 is 4.79 Å². The van der Waals surface area contributed by atoms with Crippen molar-refractivity contribution in [1.29, 1.82) is 5.26 Å². The van der Waals surface area contributed by atoms with Gasteiger partial charge in [-0.05, 0) is 12.8 Å². The van der Waals surface area contributed by atoms with Crippen LogP contribution in [0.25, 0.3) is 0 Å². The second-order valence-electron chi connectivity index (χ2n) is 5.15. The molecule has 1 fully saturated rings. The molecule has 0 aliphatic heterocycles. The monoisotopic (exact) mass is 305 g/mol. The molecule has 1 saturated carbocycles. The third-order valence-corrected chi connectivity index (χ3v) is 4.52. The van der Waals surface area contributed by atoms with E-state index in [1.165, 1.54) is 11.8 Å². The highest BCUT2D eigenvalue weighted by atomic mass is 32.2. The van der Waals surface area contributed by atoms with Crippen LogP contribution in [0.4, 0.5) is 0 Å². The van der Waals surface area contributed by atoms with Crippen LogP contribution in [-0.2, 0) is 11.3 Å². The largest absolute Gasteiger partial charge is 0.337 e.